The normalized spacial score (nSPS) is 26.8. The lowest BCUT2D eigenvalue weighted by molar-refractivity contribution is -0.140. The molecule has 0 aromatic carbocycles. The van der Waals surface area contributed by atoms with Gasteiger partial charge in [-0.05, 0) is 6.08 Å². The van der Waals surface area contributed by atoms with Crippen LogP contribution < -0.4 is 11.2 Å². The van der Waals surface area contributed by atoms with Gasteiger partial charge in [0.15, 0.2) is 12.8 Å². The highest BCUT2D eigenvalue weighted by Gasteiger charge is 2.43. The monoisotopic (exact) mass is 344 g/mol. The molecule has 0 spiro atoms. The number of carboxylic acids is 1. The number of aromatic amines is 1. The summed E-state index contributed by atoms with van der Waals surface area (Å²) in [5, 5.41) is 37.1. The number of nitrogens with one attached hydrogen (secondary N) is 1. The van der Waals surface area contributed by atoms with Gasteiger partial charge in [-0.25, -0.2) is 9.59 Å². The summed E-state index contributed by atoms with van der Waals surface area (Å²) < 4.78 is 10.7. The van der Waals surface area contributed by atoms with E-state index in [1.54, 1.807) is 0 Å². The molecular formula is C13H16N2O9. The number of H-pyrrole nitrogens is 1. The van der Waals surface area contributed by atoms with Crippen LogP contribution in [0, 0.1) is 0 Å². The molecule has 0 saturated carbocycles. The van der Waals surface area contributed by atoms with E-state index in [1.807, 2.05) is 4.98 Å². The van der Waals surface area contributed by atoms with Crippen molar-refractivity contribution in [3.05, 3.63) is 38.9 Å². The van der Waals surface area contributed by atoms with Gasteiger partial charge in [0.2, 0.25) is 0 Å². The number of carboxylic acid groups (broad SMARTS) is 1. The molecule has 5 N–H and O–H groups in total. The second-order valence-electron chi connectivity index (χ2n) is 4.99. The van der Waals surface area contributed by atoms with Crippen LogP contribution in [0.1, 0.15) is 11.8 Å². The fraction of sp³-hybridized carbons (Fsp3) is 0.462. The maximum absolute atomic E-state index is 11.9. The van der Waals surface area contributed by atoms with Crippen LogP contribution in [-0.2, 0) is 14.3 Å². The minimum Gasteiger partial charge on any atom is -0.489 e. The van der Waals surface area contributed by atoms with E-state index in [2.05, 4.69) is 4.74 Å². The van der Waals surface area contributed by atoms with E-state index in [0.717, 1.165) is 23.1 Å². The first kappa shape index (κ1) is 17.9. The summed E-state index contributed by atoms with van der Waals surface area (Å²) in [5.41, 5.74) is -1.73. The van der Waals surface area contributed by atoms with Gasteiger partial charge in [-0.2, -0.15) is 0 Å². The molecule has 132 valence electrons. The highest BCUT2D eigenvalue weighted by molar-refractivity contribution is 5.68. The first-order valence-electron chi connectivity index (χ1n) is 6.83. The molecule has 11 nitrogen and oxygen atoms in total. The molecule has 4 atom stereocenters. The zero-order chi connectivity index (χ0) is 17.9. The lowest BCUT2D eigenvalue weighted by Gasteiger charge is -2.17. The Kier molecular flexibility index (Phi) is 5.51. The molecule has 1 fully saturated rings. The number of aliphatic hydroxyl groups excluding tert-OH is 3. The first-order valence-corrected chi connectivity index (χ1v) is 6.83. The molecule has 11 heteroatoms. The summed E-state index contributed by atoms with van der Waals surface area (Å²) in [6, 6.07) is 0. The number of hydrogen-bond acceptors (Lipinski definition) is 8. The van der Waals surface area contributed by atoms with Crippen molar-refractivity contribution in [2.75, 3.05) is 13.2 Å². The van der Waals surface area contributed by atoms with Crippen LogP contribution in [0.2, 0.25) is 0 Å². The van der Waals surface area contributed by atoms with E-state index >= 15 is 0 Å². The van der Waals surface area contributed by atoms with Crippen molar-refractivity contribution in [3.8, 4) is 0 Å². The number of hydrogen-bond donors (Lipinski definition) is 5. The Morgan fingerprint density at radius 1 is 1.38 bits per heavy atom. The molecule has 0 unspecified atom stereocenters. The van der Waals surface area contributed by atoms with Crippen molar-refractivity contribution in [3.63, 3.8) is 0 Å². The Morgan fingerprint density at radius 2 is 2.08 bits per heavy atom. The largest absolute Gasteiger partial charge is 0.489 e. The second kappa shape index (κ2) is 7.40. The standard InChI is InChI=1S/C13H16N2O9/c16-4-7-9(19)10(20)12(24-7)15-3-6(11(21)14-13(15)22)1-2-23-5-8(17)18/h1-3,7,9-10,12,16,19-20H,4-5H2,(H,17,18)(H,14,21,22)/t7-,9-,10-,12-/m1/s1. The minimum atomic E-state index is -1.49. The third-order valence-corrected chi connectivity index (χ3v) is 3.34. The Balaban J connectivity index is 2.28. The predicted molar refractivity (Wildman–Crippen MR) is 77.0 cm³/mol. The molecule has 2 rings (SSSR count). The van der Waals surface area contributed by atoms with Crippen LogP contribution in [0.4, 0.5) is 0 Å². The molecule has 0 radical (unpaired) electrons. The van der Waals surface area contributed by atoms with Gasteiger partial charge >= 0.3 is 11.7 Å². The summed E-state index contributed by atoms with van der Waals surface area (Å²) in [6.45, 7) is -1.18. The fourth-order valence-electron chi connectivity index (χ4n) is 2.16. The first-order chi connectivity index (χ1) is 11.3. The van der Waals surface area contributed by atoms with Crippen LogP contribution >= 0.6 is 0 Å². The van der Waals surface area contributed by atoms with Gasteiger partial charge in [-0.1, -0.05) is 0 Å². The third-order valence-electron chi connectivity index (χ3n) is 3.34. The lowest BCUT2D eigenvalue weighted by atomic mass is 10.1. The molecule has 0 amide bonds. The smallest absolute Gasteiger partial charge is 0.341 e. The lowest BCUT2D eigenvalue weighted by Crippen LogP contribution is -2.38. The molecule has 0 bridgehead atoms. The summed E-state index contributed by atoms with van der Waals surface area (Å²) >= 11 is 0. The highest BCUT2D eigenvalue weighted by atomic mass is 16.6. The van der Waals surface area contributed by atoms with Crippen LogP contribution in [0.15, 0.2) is 22.0 Å². The van der Waals surface area contributed by atoms with Gasteiger partial charge in [0.05, 0.1) is 18.4 Å². The topological polar surface area (TPSA) is 171 Å². The highest BCUT2D eigenvalue weighted by Crippen LogP contribution is 2.27. The molecule has 1 aliphatic heterocycles. The molecule has 0 aliphatic carbocycles. The number of ether oxygens (including phenoxy) is 2. The Bertz CT molecular complexity index is 738. The van der Waals surface area contributed by atoms with Gasteiger partial charge in [0.25, 0.3) is 5.56 Å². The van der Waals surface area contributed by atoms with Gasteiger partial charge in [-0.3, -0.25) is 14.3 Å². The van der Waals surface area contributed by atoms with Crippen molar-refractivity contribution < 1.29 is 34.7 Å². The fourth-order valence-corrected chi connectivity index (χ4v) is 2.16. The summed E-state index contributed by atoms with van der Waals surface area (Å²) in [5.74, 6) is -1.20. The molecule has 24 heavy (non-hydrogen) atoms. The van der Waals surface area contributed by atoms with Gasteiger partial charge in [-0.15, -0.1) is 0 Å². The van der Waals surface area contributed by atoms with Crippen molar-refractivity contribution in [2.45, 2.75) is 24.5 Å². The number of aliphatic carboxylic acids is 1. The van der Waals surface area contributed by atoms with Gasteiger partial charge in [0.1, 0.15) is 18.3 Å². The molecule has 1 saturated heterocycles. The SMILES string of the molecule is O=C(O)COC=Cc1cn([C@@H]2O[C@H](CO)[C@@H](O)[C@H]2O)c(=O)[nH]c1=O. The number of rotatable bonds is 6. The minimum absolute atomic E-state index is 0.0715. The van der Waals surface area contributed by atoms with Crippen molar-refractivity contribution >= 4 is 12.0 Å². The maximum atomic E-state index is 11.9. The number of aromatic nitrogens is 2. The van der Waals surface area contributed by atoms with E-state index < -0.39 is 55.0 Å². The van der Waals surface area contributed by atoms with Crippen molar-refractivity contribution in [1.29, 1.82) is 0 Å². The summed E-state index contributed by atoms with van der Waals surface area (Å²) in [6.07, 6.45) is -2.15. The van der Waals surface area contributed by atoms with Crippen LogP contribution in [-0.4, -0.2) is 67.5 Å². The van der Waals surface area contributed by atoms with Gasteiger partial charge < -0.3 is 29.9 Å². The average molecular weight is 344 g/mol. The Labute approximate surface area is 134 Å². The van der Waals surface area contributed by atoms with Crippen molar-refractivity contribution in [1.82, 2.24) is 9.55 Å². The van der Waals surface area contributed by atoms with Crippen LogP contribution in [0.25, 0.3) is 6.08 Å². The zero-order valence-corrected chi connectivity index (χ0v) is 12.2. The van der Waals surface area contributed by atoms with E-state index in [1.165, 1.54) is 0 Å². The molecular weight excluding hydrogens is 328 g/mol. The number of aliphatic hydroxyl groups is 3. The maximum Gasteiger partial charge on any atom is 0.341 e. The Morgan fingerprint density at radius 3 is 2.67 bits per heavy atom. The third kappa shape index (κ3) is 3.71. The molecule has 2 heterocycles. The van der Waals surface area contributed by atoms with E-state index in [9.17, 15) is 24.6 Å². The van der Waals surface area contributed by atoms with Crippen LogP contribution in [0.3, 0.4) is 0 Å². The summed E-state index contributed by atoms with van der Waals surface area (Å²) in [7, 11) is 0. The summed E-state index contributed by atoms with van der Waals surface area (Å²) in [4.78, 5) is 35.9. The molecule has 1 aliphatic rings. The molecule has 1 aromatic heterocycles. The molecule has 1 aromatic rings. The predicted octanol–water partition coefficient (Wildman–Crippen LogP) is -2.78. The zero-order valence-electron chi connectivity index (χ0n) is 12.2. The Hall–Kier alpha value is -2.47. The average Bonchev–Trinajstić information content (AvgIpc) is 2.81. The second-order valence-corrected chi connectivity index (χ2v) is 4.99. The van der Waals surface area contributed by atoms with E-state index in [4.69, 9.17) is 14.9 Å². The van der Waals surface area contributed by atoms with E-state index in [-0.39, 0.29) is 5.56 Å². The van der Waals surface area contributed by atoms with Crippen molar-refractivity contribution in [2.24, 2.45) is 0 Å². The van der Waals surface area contributed by atoms with Crippen LogP contribution in [0.5, 0.6) is 0 Å². The number of nitrogens with zero attached hydrogens (tertiary/aromatic N) is 1. The van der Waals surface area contributed by atoms with E-state index in [0.29, 0.717) is 0 Å². The number of carbonyl (C=O) groups is 1. The quantitative estimate of drug-likeness (QED) is 0.342. The van der Waals surface area contributed by atoms with Gasteiger partial charge in [0, 0.05) is 6.20 Å².